The first-order valence-electron chi connectivity index (χ1n) is 7.78. The molecule has 0 saturated carbocycles. The van der Waals surface area contributed by atoms with Crippen LogP contribution in [0, 0.1) is 6.92 Å². The Bertz CT molecular complexity index is 1080. The molecule has 0 fully saturated rings. The normalized spacial score (nSPS) is 16.9. The fourth-order valence-corrected chi connectivity index (χ4v) is 4.09. The summed E-state index contributed by atoms with van der Waals surface area (Å²) in [7, 11) is 0. The van der Waals surface area contributed by atoms with Crippen LogP contribution in [-0.4, -0.2) is 5.11 Å². The molecule has 0 aliphatic heterocycles. The van der Waals surface area contributed by atoms with E-state index in [9.17, 15) is 5.11 Å². The second-order valence-electron chi connectivity index (χ2n) is 6.35. The molecule has 5 rings (SSSR count). The summed E-state index contributed by atoms with van der Waals surface area (Å²) in [6.45, 7) is 2.14. The summed E-state index contributed by atoms with van der Waals surface area (Å²) in [5.41, 5.74) is 3.72. The van der Waals surface area contributed by atoms with Crippen molar-refractivity contribution < 1.29 is 5.11 Å². The summed E-state index contributed by atoms with van der Waals surface area (Å²) in [6.07, 6.45) is 0.355. The van der Waals surface area contributed by atoms with Gasteiger partial charge in [0.25, 0.3) is 0 Å². The van der Waals surface area contributed by atoms with E-state index in [-0.39, 0.29) is 6.10 Å². The Labute approximate surface area is 128 Å². The summed E-state index contributed by atoms with van der Waals surface area (Å²) in [4.78, 5) is 0. The molecule has 1 N–H and O–H groups in total. The maximum Gasteiger partial charge on any atom is 0.0842 e. The van der Waals surface area contributed by atoms with E-state index in [1.807, 2.05) is 0 Å². The van der Waals surface area contributed by atoms with Crippen molar-refractivity contribution in [3.63, 3.8) is 0 Å². The van der Waals surface area contributed by atoms with Crippen LogP contribution in [0.15, 0.2) is 54.6 Å². The molecule has 4 aromatic rings. The molecule has 0 bridgehead atoms. The molecule has 4 aromatic carbocycles. The van der Waals surface area contributed by atoms with Gasteiger partial charge in [0.15, 0.2) is 0 Å². The van der Waals surface area contributed by atoms with E-state index in [1.54, 1.807) is 0 Å². The van der Waals surface area contributed by atoms with Gasteiger partial charge < -0.3 is 5.11 Å². The molecule has 0 spiro atoms. The van der Waals surface area contributed by atoms with E-state index in [4.69, 9.17) is 0 Å². The van der Waals surface area contributed by atoms with Gasteiger partial charge in [-0.1, -0.05) is 48.5 Å². The highest BCUT2D eigenvalue weighted by molar-refractivity contribution is 6.15. The summed E-state index contributed by atoms with van der Waals surface area (Å²) in [5, 5.41) is 18.1. The molecule has 0 heterocycles. The Hall–Kier alpha value is -2.38. The summed E-state index contributed by atoms with van der Waals surface area (Å²) >= 11 is 0. The van der Waals surface area contributed by atoms with Crippen molar-refractivity contribution >= 4 is 32.3 Å². The van der Waals surface area contributed by atoms with Gasteiger partial charge in [0, 0.05) is 6.42 Å². The highest BCUT2D eigenvalue weighted by Crippen LogP contribution is 2.44. The molecule has 1 aliphatic carbocycles. The average molecular weight is 284 g/mol. The second kappa shape index (κ2) is 4.08. The van der Waals surface area contributed by atoms with Crippen molar-refractivity contribution in [3.8, 4) is 0 Å². The molecular formula is C21H16O. The third-order valence-corrected chi connectivity index (χ3v) is 5.14. The van der Waals surface area contributed by atoms with Gasteiger partial charge in [-0.2, -0.15) is 0 Å². The van der Waals surface area contributed by atoms with Crippen molar-refractivity contribution in [2.75, 3.05) is 0 Å². The van der Waals surface area contributed by atoms with Crippen LogP contribution in [0.2, 0.25) is 0 Å². The van der Waals surface area contributed by atoms with E-state index in [0.717, 1.165) is 12.0 Å². The first kappa shape index (κ1) is 12.2. The minimum atomic E-state index is -0.386. The van der Waals surface area contributed by atoms with Crippen LogP contribution < -0.4 is 0 Å². The minimum Gasteiger partial charge on any atom is -0.388 e. The number of aryl methyl sites for hydroxylation is 1. The van der Waals surface area contributed by atoms with Gasteiger partial charge in [0.1, 0.15) is 0 Å². The standard InChI is InChI=1S/C21H16O/c1-12-6-7-14-10-18-15-5-3-2-4-13(15)8-9-16(18)21-19(22)11-17(12)20(14)21/h2-10,19,22H,11H2,1H3/t19-/m1/s1. The minimum absolute atomic E-state index is 0.386. The molecule has 0 amide bonds. The lowest BCUT2D eigenvalue weighted by Gasteiger charge is -2.12. The Morgan fingerprint density at radius 3 is 2.59 bits per heavy atom. The fraction of sp³-hybridized carbons (Fsp3) is 0.143. The molecule has 22 heavy (non-hydrogen) atoms. The fourth-order valence-electron chi connectivity index (χ4n) is 4.09. The maximum absolute atomic E-state index is 10.7. The molecular weight excluding hydrogens is 268 g/mol. The van der Waals surface area contributed by atoms with Gasteiger partial charge in [-0.25, -0.2) is 0 Å². The van der Waals surface area contributed by atoms with Crippen LogP contribution in [0.4, 0.5) is 0 Å². The van der Waals surface area contributed by atoms with Crippen LogP contribution in [0.3, 0.4) is 0 Å². The lowest BCUT2D eigenvalue weighted by Crippen LogP contribution is -1.94. The van der Waals surface area contributed by atoms with Crippen molar-refractivity contribution in [1.82, 2.24) is 0 Å². The second-order valence-corrected chi connectivity index (χ2v) is 6.35. The zero-order valence-electron chi connectivity index (χ0n) is 12.4. The molecule has 0 aromatic heterocycles. The summed E-state index contributed by atoms with van der Waals surface area (Å²) in [6, 6.07) is 19.5. The number of aliphatic hydroxyl groups is 1. The smallest absolute Gasteiger partial charge is 0.0842 e. The van der Waals surface area contributed by atoms with Crippen molar-refractivity contribution in [3.05, 3.63) is 71.3 Å². The number of aliphatic hydroxyl groups excluding tert-OH is 1. The highest BCUT2D eigenvalue weighted by atomic mass is 16.3. The third kappa shape index (κ3) is 1.42. The van der Waals surface area contributed by atoms with Crippen LogP contribution in [0.1, 0.15) is 22.8 Å². The molecule has 0 unspecified atom stereocenters. The molecule has 0 saturated heterocycles. The van der Waals surface area contributed by atoms with Gasteiger partial charge in [0.05, 0.1) is 6.10 Å². The van der Waals surface area contributed by atoms with E-state index >= 15 is 0 Å². The first-order valence-corrected chi connectivity index (χ1v) is 7.78. The quantitative estimate of drug-likeness (QED) is 0.354. The Morgan fingerprint density at radius 2 is 1.68 bits per heavy atom. The largest absolute Gasteiger partial charge is 0.388 e. The van der Waals surface area contributed by atoms with Crippen LogP contribution in [0.25, 0.3) is 32.3 Å². The monoisotopic (exact) mass is 284 g/mol. The lowest BCUT2D eigenvalue weighted by atomic mass is 9.93. The van der Waals surface area contributed by atoms with Gasteiger partial charge in [-0.05, 0) is 62.0 Å². The average Bonchev–Trinajstić information content (AvgIpc) is 2.90. The van der Waals surface area contributed by atoms with Crippen LogP contribution in [0.5, 0.6) is 0 Å². The zero-order valence-corrected chi connectivity index (χ0v) is 12.4. The molecule has 1 aliphatic rings. The Morgan fingerprint density at radius 1 is 0.864 bits per heavy atom. The SMILES string of the molecule is Cc1ccc2cc3c(ccc4ccccc43)c3c2c1C[C@H]3O. The Balaban J connectivity index is 2.08. The molecule has 1 nitrogen and oxygen atoms in total. The summed E-state index contributed by atoms with van der Waals surface area (Å²) < 4.78 is 0. The highest BCUT2D eigenvalue weighted by Gasteiger charge is 2.26. The predicted octanol–water partition coefficient (Wildman–Crippen LogP) is 5.04. The third-order valence-electron chi connectivity index (χ3n) is 5.14. The van der Waals surface area contributed by atoms with Crippen molar-refractivity contribution in [2.24, 2.45) is 0 Å². The summed E-state index contributed by atoms with van der Waals surface area (Å²) in [5.74, 6) is 0. The molecule has 106 valence electrons. The number of fused-ring (bicyclic) bond motifs is 4. The van der Waals surface area contributed by atoms with E-state index < -0.39 is 0 Å². The van der Waals surface area contributed by atoms with Crippen LogP contribution >= 0.6 is 0 Å². The van der Waals surface area contributed by atoms with Crippen LogP contribution in [-0.2, 0) is 6.42 Å². The van der Waals surface area contributed by atoms with Gasteiger partial charge in [-0.3, -0.25) is 0 Å². The van der Waals surface area contributed by atoms with E-state index in [1.165, 1.54) is 43.4 Å². The molecule has 1 atom stereocenters. The van der Waals surface area contributed by atoms with Gasteiger partial charge in [0.2, 0.25) is 0 Å². The molecule has 1 heteroatoms. The van der Waals surface area contributed by atoms with E-state index in [2.05, 4.69) is 61.5 Å². The lowest BCUT2D eigenvalue weighted by molar-refractivity contribution is 0.187. The zero-order chi connectivity index (χ0) is 14.8. The maximum atomic E-state index is 10.7. The number of hydrogen-bond acceptors (Lipinski definition) is 1. The predicted molar refractivity (Wildman–Crippen MR) is 92.4 cm³/mol. The van der Waals surface area contributed by atoms with Crippen molar-refractivity contribution in [2.45, 2.75) is 19.4 Å². The first-order chi connectivity index (χ1) is 10.7. The van der Waals surface area contributed by atoms with Crippen molar-refractivity contribution in [1.29, 1.82) is 0 Å². The number of rotatable bonds is 0. The Kier molecular flexibility index (Phi) is 2.26. The van der Waals surface area contributed by atoms with Gasteiger partial charge in [-0.15, -0.1) is 0 Å². The van der Waals surface area contributed by atoms with E-state index in [0.29, 0.717) is 0 Å². The molecule has 0 radical (unpaired) electrons. The number of hydrogen-bond donors (Lipinski definition) is 1. The number of benzene rings is 4. The topological polar surface area (TPSA) is 20.2 Å². The van der Waals surface area contributed by atoms with Gasteiger partial charge >= 0.3 is 0 Å².